The predicted molar refractivity (Wildman–Crippen MR) is 86.4 cm³/mol. The predicted octanol–water partition coefficient (Wildman–Crippen LogP) is 2.57. The summed E-state index contributed by atoms with van der Waals surface area (Å²) in [6, 6.07) is 7.01. The average molecular weight is 353 g/mol. The fourth-order valence-electron chi connectivity index (χ4n) is 2.47. The Balaban J connectivity index is 1.94. The van der Waals surface area contributed by atoms with Gasteiger partial charge >= 0.3 is 0 Å². The summed E-state index contributed by atoms with van der Waals surface area (Å²) >= 11 is 3.36. The van der Waals surface area contributed by atoms with Gasteiger partial charge in [0.15, 0.2) is 5.78 Å². The van der Waals surface area contributed by atoms with Gasteiger partial charge in [-0.3, -0.25) is 14.5 Å². The topological polar surface area (TPSA) is 40.6 Å². The van der Waals surface area contributed by atoms with Crippen LogP contribution in [0.3, 0.4) is 0 Å². The molecule has 0 saturated carbocycles. The molecule has 0 spiro atoms. The molecule has 1 aromatic rings. The van der Waals surface area contributed by atoms with Gasteiger partial charge in [-0.25, -0.2) is 0 Å². The molecule has 0 radical (unpaired) electrons. The number of ketones is 1. The number of likely N-dealkylation sites (tertiary alicyclic amines) is 1. The fraction of sp³-hybridized carbons (Fsp3) is 0.500. The average Bonchev–Trinajstić information content (AvgIpc) is 3.00. The lowest BCUT2D eigenvalue weighted by Gasteiger charge is -2.25. The summed E-state index contributed by atoms with van der Waals surface area (Å²) in [5.74, 6) is 0.157. The second-order valence-electron chi connectivity index (χ2n) is 5.55. The molecular formula is C16H21BrN2O2. The lowest BCUT2D eigenvalue weighted by molar-refractivity contribution is -0.131. The normalized spacial score (nSPS) is 16.3. The van der Waals surface area contributed by atoms with Gasteiger partial charge in [-0.1, -0.05) is 28.1 Å². The highest BCUT2D eigenvalue weighted by atomic mass is 79.9. The third kappa shape index (κ3) is 4.14. The van der Waals surface area contributed by atoms with Gasteiger partial charge in [0.1, 0.15) is 0 Å². The first-order valence-electron chi connectivity index (χ1n) is 7.27. The molecule has 2 rings (SSSR count). The summed E-state index contributed by atoms with van der Waals surface area (Å²) < 4.78 is 0.948. The number of halogens is 1. The van der Waals surface area contributed by atoms with Crippen LogP contribution < -0.4 is 0 Å². The lowest BCUT2D eigenvalue weighted by Crippen LogP contribution is -2.43. The van der Waals surface area contributed by atoms with Gasteiger partial charge in [-0.05, 0) is 38.9 Å². The number of carbonyl (C=O) groups is 2. The van der Waals surface area contributed by atoms with Crippen molar-refractivity contribution < 1.29 is 9.59 Å². The van der Waals surface area contributed by atoms with Gasteiger partial charge in [0.2, 0.25) is 5.91 Å². The van der Waals surface area contributed by atoms with Crippen LogP contribution in [0, 0.1) is 0 Å². The highest BCUT2D eigenvalue weighted by Crippen LogP contribution is 2.14. The van der Waals surface area contributed by atoms with Crippen LogP contribution in [0.25, 0.3) is 0 Å². The molecular weight excluding hydrogens is 332 g/mol. The fourth-order valence-corrected chi connectivity index (χ4v) is 2.74. The van der Waals surface area contributed by atoms with Crippen molar-refractivity contribution in [1.82, 2.24) is 9.80 Å². The Hall–Kier alpha value is -1.20. The second kappa shape index (κ2) is 7.18. The Morgan fingerprint density at radius 2 is 1.81 bits per heavy atom. The summed E-state index contributed by atoms with van der Waals surface area (Å²) in [6.07, 6.45) is 2.17. The molecule has 0 aromatic heterocycles. The largest absolute Gasteiger partial charge is 0.342 e. The summed E-state index contributed by atoms with van der Waals surface area (Å²) in [4.78, 5) is 28.3. The van der Waals surface area contributed by atoms with E-state index in [0.29, 0.717) is 12.1 Å². The lowest BCUT2D eigenvalue weighted by atomic mass is 10.0. The molecule has 0 N–H and O–H groups in total. The van der Waals surface area contributed by atoms with Crippen molar-refractivity contribution in [1.29, 1.82) is 0 Å². The summed E-state index contributed by atoms with van der Waals surface area (Å²) in [7, 11) is 1.83. The van der Waals surface area contributed by atoms with E-state index in [4.69, 9.17) is 0 Å². The molecule has 1 amide bonds. The van der Waals surface area contributed by atoms with Crippen molar-refractivity contribution in [3.63, 3.8) is 0 Å². The monoisotopic (exact) mass is 352 g/mol. The highest BCUT2D eigenvalue weighted by molar-refractivity contribution is 9.10. The number of nitrogens with zero attached hydrogens (tertiary/aromatic N) is 2. The zero-order valence-corrected chi connectivity index (χ0v) is 14.1. The number of likely N-dealkylation sites (N-methyl/N-ethyl adjacent to an activating group) is 1. The molecule has 1 unspecified atom stereocenters. The number of benzene rings is 1. The standard InChI is InChI=1S/C16H21BrN2O2/c1-12(16(21)13-5-7-14(17)8-6-13)18(2)11-15(20)19-9-3-4-10-19/h5-8,12H,3-4,9-11H2,1-2H3. The number of hydrogen-bond acceptors (Lipinski definition) is 3. The van der Waals surface area contributed by atoms with E-state index in [-0.39, 0.29) is 17.7 Å². The van der Waals surface area contributed by atoms with Crippen LogP contribution >= 0.6 is 15.9 Å². The van der Waals surface area contributed by atoms with E-state index in [9.17, 15) is 9.59 Å². The molecule has 5 heteroatoms. The van der Waals surface area contributed by atoms with Gasteiger partial charge in [-0.2, -0.15) is 0 Å². The van der Waals surface area contributed by atoms with Gasteiger partial charge in [-0.15, -0.1) is 0 Å². The number of amides is 1. The van der Waals surface area contributed by atoms with Crippen LogP contribution in [0.15, 0.2) is 28.7 Å². The van der Waals surface area contributed by atoms with Crippen molar-refractivity contribution in [2.45, 2.75) is 25.8 Å². The van der Waals surface area contributed by atoms with Gasteiger partial charge < -0.3 is 4.90 Å². The third-order valence-corrected chi connectivity index (χ3v) is 4.54. The highest BCUT2D eigenvalue weighted by Gasteiger charge is 2.24. The van der Waals surface area contributed by atoms with Crippen LogP contribution in [0.5, 0.6) is 0 Å². The summed E-state index contributed by atoms with van der Waals surface area (Å²) in [6.45, 7) is 3.84. The molecule has 1 saturated heterocycles. The summed E-state index contributed by atoms with van der Waals surface area (Å²) in [5.41, 5.74) is 0.672. The first kappa shape index (κ1) is 16.2. The number of rotatable bonds is 5. The van der Waals surface area contributed by atoms with E-state index in [0.717, 1.165) is 30.4 Å². The van der Waals surface area contributed by atoms with Crippen molar-refractivity contribution >= 4 is 27.6 Å². The Bertz CT molecular complexity index is 510. The van der Waals surface area contributed by atoms with E-state index in [1.165, 1.54) is 0 Å². The molecule has 1 fully saturated rings. The molecule has 21 heavy (non-hydrogen) atoms. The van der Waals surface area contributed by atoms with Crippen molar-refractivity contribution in [3.8, 4) is 0 Å². The number of Topliss-reactive ketones (excluding diaryl/α,β-unsaturated/α-hetero) is 1. The Morgan fingerprint density at radius 1 is 1.24 bits per heavy atom. The van der Waals surface area contributed by atoms with E-state index in [1.807, 2.05) is 35.9 Å². The van der Waals surface area contributed by atoms with Crippen molar-refractivity contribution in [2.24, 2.45) is 0 Å². The molecule has 1 aliphatic rings. The zero-order valence-electron chi connectivity index (χ0n) is 12.5. The quantitative estimate of drug-likeness (QED) is 0.764. The first-order valence-corrected chi connectivity index (χ1v) is 8.06. The van der Waals surface area contributed by atoms with E-state index in [2.05, 4.69) is 15.9 Å². The maximum absolute atomic E-state index is 12.4. The SMILES string of the molecule is CC(C(=O)c1ccc(Br)cc1)N(C)CC(=O)N1CCCC1. The maximum Gasteiger partial charge on any atom is 0.236 e. The second-order valence-corrected chi connectivity index (χ2v) is 6.47. The Kier molecular flexibility index (Phi) is 5.53. The van der Waals surface area contributed by atoms with Crippen LogP contribution in [0.2, 0.25) is 0 Å². The zero-order chi connectivity index (χ0) is 15.4. The molecule has 1 aliphatic heterocycles. The van der Waals surface area contributed by atoms with Crippen LogP contribution in [0.4, 0.5) is 0 Å². The van der Waals surface area contributed by atoms with Gasteiger partial charge in [0, 0.05) is 23.1 Å². The Labute approximate surface area is 134 Å². The molecule has 1 heterocycles. The summed E-state index contributed by atoms with van der Waals surface area (Å²) in [5, 5.41) is 0. The minimum atomic E-state index is -0.308. The molecule has 1 atom stereocenters. The maximum atomic E-state index is 12.4. The van der Waals surface area contributed by atoms with Crippen LogP contribution in [0.1, 0.15) is 30.1 Å². The van der Waals surface area contributed by atoms with Gasteiger partial charge in [0.25, 0.3) is 0 Å². The molecule has 114 valence electrons. The molecule has 1 aromatic carbocycles. The van der Waals surface area contributed by atoms with Gasteiger partial charge in [0.05, 0.1) is 12.6 Å². The minimum absolute atomic E-state index is 0.0409. The van der Waals surface area contributed by atoms with E-state index < -0.39 is 0 Å². The number of hydrogen-bond donors (Lipinski definition) is 0. The molecule has 0 bridgehead atoms. The van der Waals surface area contributed by atoms with Crippen molar-refractivity contribution in [2.75, 3.05) is 26.7 Å². The van der Waals surface area contributed by atoms with Crippen molar-refractivity contribution in [3.05, 3.63) is 34.3 Å². The van der Waals surface area contributed by atoms with Crippen LogP contribution in [-0.2, 0) is 4.79 Å². The van der Waals surface area contributed by atoms with E-state index in [1.54, 1.807) is 12.1 Å². The van der Waals surface area contributed by atoms with Crippen LogP contribution in [-0.4, -0.2) is 54.2 Å². The molecule has 4 nitrogen and oxygen atoms in total. The molecule has 0 aliphatic carbocycles. The van der Waals surface area contributed by atoms with E-state index >= 15 is 0 Å². The third-order valence-electron chi connectivity index (χ3n) is 4.01. The first-order chi connectivity index (χ1) is 9.99. The Morgan fingerprint density at radius 3 is 2.38 bits per heavy atom. The minimum Gasteiger partial charge on any atom is -0.342 e. The number of carbonyl (C=O) groups excluding carboxylic acids is 2. The smallest absolute Gasteiger partial charge is 0.236 e.